The van der Waals surface area contributed by atoms with Gasteiger partial charge in [0.15, 0.2) is 0 Å². The zero-order valence-corrected chi connectivity index (χ0v) is 9.22. The highest BCUT2D eigenvalue weighted by Crippen LogP contribution is 2.07. The van der Waals surface area contributed by atoms with Crippen molar-refractivity contribution in [2.24, 2.45) is 0 Å². The van der Waals surface area contributed by atoms with Gasteiger partial charge < -0.3 is 4.43 Å². The van der Waals surface area contributed by atoms with Crippen LogP contribution in [0.3, 0.4) is 0 Å². The molecule has 0 amide bonds. The molecule has 0 unspecified atom stereocenters. The summed E-state index contributed by atoms with van der Waals surface area (Å²) >= 11 is 0. The Morgan fingerprint density at radius 1 is 1.58 bits per heavy atom. The number of carbonyl (C=O) groups excluding carboxylic acids is 1. The van der Waals surface area contributed by atoms with E-state index in [1.165, 1.54) is 0 Å². The number of carbonyl (C=O) groups is 1. The van der Waals surface area contributed by atoms with Crippen molar-refractivity contribution in [3.8, 4) is 0 Å². The fourth-order valence-corrected chi connectivity index (χ4v) is 1.48. The fraction of sp³-hybridized carbons (Fsp3) is 0.667. The Morgan fingerprint density at radius 3 is 2.58 bits per heavy atom. The summed E-state index contributed by atoms with van der Waals surface area (Å²) in [6, 6.07) is 0. The lowest BCUT2D eigenvalue weighted by molar-refractivity contribution is -0.135. The van der Waals surface area contributed by atoms with Crippen molar-refractivity contribution in [3.05, 3.63) is 12.3 Å². The molecule has 0 fully saturated rings. The fourth-order valence-electron chi connectivity index (χ4n) is 0.707. The van der Waals surface area contributed by atoms with E-state index in [0.717, 1.165) is 12.8 Å². The molecule has 2 nitrogen and oxygen atoms in total. The van der Waals surface area contributed by atoms with Gasteiger partial charge in [-0.25, -0.2) is 0 Å². The lowest BCUT2D eigenvalue weighted by Crippen LogP contribution is -2.30. The first-order valence-corrected chi connectivity index (χ1v) is 7.36. The van der Waals surface area contributed by atoms with Gasteiger partial charge in [0.05, 0.1) is 0 Å². The molecule has 0 aromatic rings. The summed E-state index contributed by atoms with van der Waals surface area (Å²) in [6.07, 6.45) is 2.49. The molecule has 0 N–H and O–H groups in total. The molecule has 0 saturated heterocycles. The molecule has 0 aliphatic carbocycles. The lowest BCUT2D eigenvalue weighted by atomic mass is 10.3. The molecule has 0 aromatic heterocycles. The second kappa shape index (κ2) is 5.14. The van der Waals surface area contributed by atoms with E-state index in [9.17, 15) is 4.79 Å². The topological polar surface area (TPSA) is 26.3 Å². The summed E-state index contributed by atoms with van der Waals surface area (Å²) in [4.78, 5) is 11.1. The highest BCUT2D eigenvalue weighted by molar-refractivity contribution is 6.77. The molecular formula is C9H18O2Si. The summed E-state index contributed by atoms with van der Waals surface area (Å²) < 4.78 is 5.27. The van der Waals surface area contributed by atoms with Gasteiger partial charge >= 0.3 is 0 Å². The van der Waals surface area contributed by atoms with E-state index < -0.39 is 8.32 Å². The van der Waals surface area contributed by atoms with Crippen molar-refractivity contribution >= 4 is 14.3 Å². The normalized spacial score (nSPS) is 10.9. The van der Waals surface area contributed by atoms with Crippen LogP contribution in [0.1, 0.15) is 26.2 Å². The quantitative estimate of drug-likeness (QED) is 0.617. The third-order valence-electron chi connectivity index (χ3n) is 1.60. The van der Waals surface area contributed by atoms with Gasteiger partial charge in [0.1, 0.15) is 0 Å². The first kappa shape index (κ1) is 11.4. The standard InChI is InChI=1S/C9H18O2Si/c1-5-7-8-9(10)11-12(3,4)6-2/h6H,2,5,7-8H2,1,3-4H3. The van der Waals surface area contributed by atoms with E-state index in [1.807, 2.05) is 13.1 Å². The Kier molecular flexibility index (Phi) is 4.89. The van der Waals surface area contributed by atoms with Crippen LogP contribution in [-0.2, 0) is 9.22 Å². The summed E-state index contributed by atoms with van der Waals surface area (Å²) in [6.45, 7) is 9.63. The van der Waals surface area contributed by atoms with E-state index in [2.05, 4.69) is 13.5 Å². The van der Waals surface area contributed by atoms with Gasteiger partial charge in [0.25, 0.3) is 14.3 Å². The predicted octanol–water partition coefficient (Wildman–Crippen LogP) is 2.65. The monoisotopic (exact) mass is 186 g/mol. The van der Waals surface area contributed by atoms with Crippen LogP contribution in [-0.4, -0.2) is 14.3 Å². The summed E-state index contributed by atoms with van der Waals surface area (Å²) in [7, 11) is -1.88. The first-order valence-electron chi connectivity index (χ1n) is 4.37. The molecule has 3 heteroatoms. The van der Waals surface area contributed by atoms with Gasteiger partial charge in [-0.2, -0.15) is 0 Å². The minimum absolute atomic E-state index is 0.0755. The third-order valence-corrected chi connectivity index (χ3v) is 3.34. The van der Waals surface area contributed by atoms with Crippen LogP contribution in [0.5, 0.6) is 0 Å². The molecule has 0 heterocycles. The predicted molar refractivity (Wildman–Crippen MR) is 53.3 cm³/mol. The second-order valence-corrected chi connectivity index (χ2v) is 7.20. The molecule has 0 saturated carbocycles. The Morgan fingerprint density at radius 2 is 2.17 bits per heavy atom. The van der Waals surface area contributed by atoms with Crippen molar-refractivity contribution in [1.82, 2.24) is 0 Å². The largest absolute Gasteiger partial charge is 0.516 e. The molecule has 0 aliphatic heterocycles. The van der Waals surface area contributed by atoms with Crippen LogP contribution in [0.15, 0.2) is 12.3 Å². The molecule has 0 spiro atoms. The van der Waals surface area contributed by atoms with Crippen LogP contribution >= 0.6 is 0 Å². The third kappa shape index (κ3) is 5.13. The highest BCUT2D eigenvalue weighted by Gasteiger charge is 2.21. The number of hydrogen-bond acceptors (Lipinski definition) is 2. The molecule has 0 rings (SSSR count). The molecule has 12 heavy (non-hydrogen) atoms. The van der Waals surface area contributed by atoms with Gasteiger partial charge in [-0.05, 0) is 19.5 Å². The van der Waals surface area contributed by atoms with Crippen molar-refractivity contribution in [3.63, 3.8) is 0 Å². The van der Waals surface area contributed by atoms with E-state index in [0.29, 0.717) is 6.42 Å². The van der Waals surface area contributed by atoms with Crippen LogP contribution < -0.4 is 0 Å². The van der Waals surface area contributed by atoms with Gasteiger partial charge in [0.2, 0.25) is 0 Å². The summed E-state index contributed by atoms with van der Waals surface area (Å²) in [5, 5.41) is 0. The lowest BCUT2D eigenvalue weighted by Gasteiger charge is -2.17. The van der Waals surface area contributed by atoms with Crippen molar-refractivity contribution in [2.45, 2.75) is 39.3 Å². The first-order chi connectivity index (χ1) is 5.52. The van der Waals surface area contributed by atoms with Crippen LogP contribution in [0.4, 0.5) is 0 Å². The zero-order valence-electron chi connectivity index (χ0n) is 8.22. The van der Waals surface area contributed by atoms with E-state index >= 15 is 0 Å². The molecule has 0 aromatic carbocycles. The maximum atomic E-state index is 11.1. The maximum absolute atomic E-state index is 11.1. The highest BCUT2D eigenvalue weighted by atomic mass is 28.4. The van der Waals surface area contributed by atoms with Crippen LogP contribution in [0, 0.1) is 0 Å². The molecular weight excluding hydrogens is 168 g/mol. The Labute approximate surface area is 75.7 Å². The van der Waals surface area contributed by atoms with E-state index in [4.69, 9.17) is 4.43 Å². The van der Waals surface area contributed by atoms with Crippen molar-refractivity contribution in [2.75, 3.05) is 0 Å². The SMILES string of the molecule is C=C[Si](C)(C)OC(=O)CCCC. The average molecular weight is 186 g/mol. The van der Waals surface area contributed by atoms with Crippen LogP contribution in [0.25, 0.3) is 0 Å². The molecule has 0 radical (unpaired) electrons. The summed E-state index contributed by atoms with van der Waals surface area (Å²) in [5.74, 6) is -0.0755. The number of unbranched alkanes of at least 4 members (excludes halogenated alkanes) is 1. The zero-order chi connectivity index (χ0) is 9.61. The Hall–Kier alpha value is -0.573. The van der Waals surface area contributed by atoms with Crippen LogP contribution in [0.2, 0.25) is 13.1 Å². The maximum Gasteiger partial charge on any atom is 0.292 e. The van der Waals surface area contributed by atoms with Gasteiger partial charge in [-0.1, -0.05) is 19.0 Å². The van der Waals surface area contributed by atoms with Gasteiger partial charge in [-0.15, -0.1) is 6.58 Å². The molecule has 0 aliphatic rings. The molecule has 70 valence electrons. The van der Waals surface area contributed by atoms with Gasteiger partial charge in [0, 0.05) is 6.42 Å². The Bertz CT molecular complexity index is 164. The van der Waals surface area contributed by atoms with Crippen molar-refractivity contribution in [1.29, 1.82) is 0 Å². The smallest absolute Gasteiger partial charge is 0.292 e. The minimum Gasteiger partial charge on any atom is -0.516 e. The average Bonchev–Trinajstić information content (AvgIpc) is 2.00. The minimum atomic E-state index is -1.88. The molecule has 0 atom stereocenters. The van der Waals surface area contributed by atoms with Crippen molar-refractivity contribution < 1.29 is 9.22 Å². The molecule has 0 bridgehead atoms. The van der Waals surface area contributed by atoms with E-state index in [-0.39, 0.29) is 5.97 Å². The number of rotatable bonds is 5. The van der Waals surface area contributed by atoms with E-state index in [1.54, 1.807) is 5.70 Å². The second-order valence-electron chi connectivity index (χ2n) is 3.39. The number of hydrogen-bond donors (Lipinski definition) is 0. The van der Waals surface area contributed by atoms with Gasteiger partial charge in [-0.3, -0.25) is 4.79 Å². The summed E-state index contributed by atoms with van der Waals surface area (Å²) in [5.41, 5.74) is 1.77. The Balaban J connectivity index is 3.76.